The third-order valence-corrected chi connectivity index (χ3v) is 6.50. The molecule has 1 aromatic carbocycles. The molecule has 2 saturated heterocycles. The number of non-ortho nitro benzene ring substituents is 1. The van der Waals surface area contributed by atoms with Gasteiger partial charge in [-0.15, -0.1) is 0 Å². The molecule has 2 atom stereocenters. The Morgan fingerprint density at radius 1 is 1.27 bits per heavy atom. The normalized spacial score (nSPS) is 24.8. The molecule has 4 rings (SSSR count). The van der Waals surface area contributed by atoms with Gasteiger partial charge in [-0.05, 0) is 38.1 Å². The molecule has 3 aliphatic heterocycles. The molecule has 1 amide bonds. The number of amides is 1. The Labute approximate surface area is 177 Å². The Hall–Kier alpha value is -2.23. The smallest absolute Gasteiger partial charge is 0.269 e. The van der Waals surface area contributed by atoms with Crippen molar-refractivity contribution in [2.45, 2.75) is 18.9 Å². The van der Waals surface area contributed by atoms with Crippen LogP contribution in [0.15, 0.2) is 18.2 Å². The van der Waals surface area contributed by atoms with Crippen LogP contribution in [-0.2, 0) is 16.0 Å². The lowest BCUT2D eigenvalue weighted by Gasteiger charge is -2.48. The summed E-state index contributed by atoms with van der Waals surface area (Å²) in [7, 11) is 2.08. The van der Waals surface area contributed by atoms with Crippen molar-refractivity contribution >= 4 is 17.3 Å². The van der Waals surface area contributed by atoms with Crippen molar-refractivity contribution in [1.29, 1.82) is 0 Å². The number of morpholine rings is 1. The number of ether oxygens (including phenoxy) is 1. The minimum absolute atomic E-state index is 0.0550. The number of hydrogen-bond donors (Lipinski definition) is 1. The summed E-state index contributed by atoms with van der Waals surface area (Å²) in [5.74, 6) is -0.148. The van der Waals surface area contributed by atoms with Crippen LogP contribution in [0.25, 0.3) is 0 Å². The summed E-state index contributed by atoms with van der Waals surface area (Å²) >= 11 is 0. The van der Waals surface area contributed by atoms with Crippen molar-refractivity contribution in [2.75, 3.05) is 71.0 Å². The van der Waals surface area contributed by atoms with Crippen LogP contribution in [0.1, 0.15) is 12.0 Å². The maximum atomic E-state index is 13.1. The van der Waals surface area contributed by atoms with Crippen LogP contribution in [0.4, 0.5) is 11.4 Å². The highest BCUT2D eigenvalue weighted by atomic mass is 16.6. The maximum absolute atomic E-state index is 13.1. The third kappa shape index (κ3) is 4.58. The summed E-state index contributed by atoms with van der Waals surface area (Å²) in [5.41, 5.74) is 2.03. The van der Waals surface area contributed by atoms with Gasteiger partial charge in [-0.1, -0.05) is 0 Å². The predicted molar refractivity (Wildman–Crippen MR) is 114 cm³/mol. The quantitative estimate of drug-likeness (QED) is 0.414. The number of fused-ring (bicyclic) bond motifs is 3. The van der Waals surface area contributed by atoms with Gasteiger partial charge in [-0.25, -0.2) is 0 Å². The molecule has 30 heavy (non-hydrogen) atoms. The van der Waals surface area contributed by atoms with Crippen molar-refractivity contribution in [2.24, 2.45) is 5.92 Å². The van der Waals surface area contributed by atoms with Gasteiger partial charge >= 0.3 is 0 Å². The van der Waals surface area contributed by atoms with E-state index >= 15 is 0 Å². The van der Waals surface area contributed by atoms with E-state index in [1.807, 2.05) is 6.07 Å². The molecule has 2 fully saturated rings. The first-order chi connectivity index (χ1) is 14.5. The van der Waals surface area contributed by atoms with Gasteiger partial charge in [0.1, 0.15) is 0 Å². The molecule has 164 valence electrons. The summed E-state index contributed by atoms with van der Waals surface area (Å²) in [6.45, 7) is 7.65. The van der Waals surface area contributed by atoms with Gasteiger partial charge < -0.3 is 19.9 Å². The molecule has 9 nitrogen and oxygen atoms in total. The van der Waals surface area contributed by atoms with Gasteiger partial charge in [0.25, 0.3) is 5.69 Å². The van der Waals surface area contributed by atoms with Crippen molar-refractivity contribution in [3.8, 4) is 0 Å². The number of nitro groups is 1. The highest BCUT2D eigenvalue weighted by Crippen LogP contribution is 2.37. The molecule has 0 saturated carbocycles. The summed E-state index contributed by atoms with van der Waals surface area (Å²) in [6, 6.07) is 5.15. The molecule has 0 aromatic heterocycles. The van der Waals surface area contributed by atoms with E-state index < -0.39 is 0 Å². The fourth-order valence-electron chi connectivity index (χ4n) is 4.84. The second-order valence-electron chi connectivity index (χ2n) is 8.50. The lowest BCUT2D eigenvalue weighted by molar-refractivity contribution is -0.384. The number of benzene rings is 1. The van der Waals surface area contributed by atoms with E-state index in [0.717, 1.165) is 70.2 Å². The fraction of sp³-hybridized carbons (Fsp3) is 0.667. The average Bonchev–Trinajstić information content (AvgIpc) is 2.76. The van der Waals surface area contributed by atoms with E-state index in [-0.39, 0.29) is 28.5 Å². The molecular formula is C21H31N5O4. The standard InChI is InChI=1S/C21H31N5O4/c1-23-7-8-25-19-4-3-17(26(28)29)13-16(19)14-18(20(25)15-23)21(27)22-5-2-6-24-9-11-30-12-10-24/h3-4,13,18,20H,2,5-12,14-15H2,1H3,(H,22,27)/t18-,20-/m0/s1. The zero-order chi connectivity index (χ0) is 21.1. The number of nitrogens with one attached hydrogen (secondary N) is 1. The molecule has 3 aliphatic rings. The molecule has 3 heterocycles. The zero-order valence-electron chi connectivity index (χ0n) is 17.6. The van der Waals surface area contributed by atoms with Crippen LogP contribution in [0.2, 0.25) is 0 Å². The number of piperazine rings is 1. The van der Waals surface area contributed by atoms with Crippen LogP contribution >= 0.6 is 0 Å². The van der Waals surface area contributed by atoms with Gasteiger partial charge in [0.05, 0.1) is 30.1 Å². The number of carbonyl (C=O) groups is 1. The van der Waals surface area contributed by atoms with Crippen LogP contribution < -0.4 is 10.2 Å². The van der Waals surface area contributed by atoms with E-state index in [9.17, 15) is 14.9 Å². The monoisotopic (exact) mass is 417 g/mol. The Morgan fingerprint density at radius 2 is 2.07 bits per heavy atom. The van der Waals surface area contributed by atoms with Crippen molar-refractivity contribution in [3.05, 3.63) is 33.9 Å². The average molecular weight is 418 g/mol. The van der Waals surface area contributed by atoms with E-state index in [1.165, 1.54) is 0 Å². The van der Waals surface area contributed by atoms with Gasteiger partial charge in [0.15, 0.2) is 0 Å². The van der Waals surface area contributed by atoms with Crippen molar-refractivity contribution in [3.63, 3.8) is 0 Å². The number of rotatable bonds is 6. The zero-order valence-corrected chi connectivity index (χ0v) is 17.6. The molecule has 0 spiro atoms. The lowest BCUT2D eigenvalue weighted by atomic mass is 9.83. The highest BCUT2D eigenvalue weighted by Gasteiger charge is 2.41. The van der Waals surface area contributed by atoms with Crippen LogP contribution in [0.5, 0.6) is 0 Å². The molecule has 0 aliphatic carbocycles. The Bertz CT molecular complexity index is 783. The van der Waals surface area contributed by atoms with E-state index in [1.54, 1.807) is 12.1 Å². The number of carbonyl (C=O) groups excluding carboxylic acids is 1. The third-order valence-electron chi connectivity index (χ3n) is 6.50. The molecule has 1 N–H and O–H groups in total. The van der Waals surface area contributed by atoms with Crippen molar-refractivity contribution < 1.29 is 14.5 Å². The van der Waals surface area contributed by atoms with Crippen molar-refractivity contribution in [1.82, 2.24) is 15.1 Å². The highest BCUT2D eigenvalue weighted by molar-refractivity contribution is 5.82. The van der Waals surface area contributed by atoms with Gasteiger partial charge in [0.2, 0.25) is 5.91 Å². The lowest BCUT2D eigenvalue weighted by Crippen LogP contribution is -2.60. The molecule has 0 unspecified atom stereocenters. The Balaban J connectivity index is 1.42. The maximum Gasteiger partial charge on any atom is 0.269 e. The first kappa shape index (κ1) is 21.0. The molecule has 1 aromatic rings. The second kappa shape index (κ2) is 9.28. The Morgan fingerprint density at radius 3 is 2.83 bits per heavy atom. The SMILES string of the molecule is CN1CCN2c3ccc([N+](=O)[O-])cc3C[C@H](C(=O)NCCCN3CCOCC3)[C@@H]2C1. The van der Waals surface area contributed by atoms with Crippen LogP contribution in [-0.4, -0.2) is 92.7 Å². The number of anilines is 1. The van der Waals surface area contributed by atoms with E-state index in [0.29, 0.717) is 13.0 Å². The van der Waals surface area contributed by atoms with E-state index in [2.05, 4.69) is 27.1 Å². The summed E-state index contributed by atoms with van der Waals surface area (Å²) in [4.78, 5) is 30.9. The first-order valence-corrected chi connectivity index (χ1v) is 10.8. The van der Waals surface area contributed by atoms with Crippen LogP contribution in [0.3, 0.4) is 0 Å². The number of hydrogen-bond acceptors (Lipinski definition) is 7. The largest absolute Gasteiger partial charge is 0.379 e. The summed E-state index contributed by atoms with van der Waals surface area (Å²) < 4.78 is 5.37. The van der Waals surface area contributed by atoms with Crippen LogP contribution in [0, 0.1) is 16.0 Å². The minimum Gasteiger partial charge on any atom is -0.379 e. The molecule has 0 radical (unpaired) electrons. The number of nitro benzene ring substituents is 1. The van der Waals surface area contributed by atoms with Gasteiger partial charge in [-0.2, -0.15) is 0 Å². The Kier molecular flexibility index (Phi) is 6.50. The summed E-state index contributed by atoms with van der Waals surface area (Å²) in [6.07, 6.45) is 1.45. The predicted octanol–water partition coefficient (Wildman–Crippen LogP) is 0.726. The fourth-order valence-corrected chi connectivity index (χ4v) is 4.84. The molecule has 0 bridgehead atoms. The summed E-state index contributed by atoms with van der Waals surface area (Å²) in [5, 5.41) is 14.4. The minimum atomic E-state index is -0.364. The second-order valence-corrected chi connectivity index (χ2v) is 8.50. The molecule has 9 heteroatoms. The first-order valence-electron chi connectivity index (χ1n) is 10.8. The van der Waals surface area contributed by atoms with E-state index in [4.69, 9.17) is 4.74 Å². The number of likely N-dealkylation sites (N-methyl/N-ethyl adjacent to an activating group) is 1. The molecular weight excluding hydrogens is 386 g/mol. The topological polar surface area (TPSA) is 91.2 Å². The number of nitrogens with zero attached hydrogens (tertiary/aromatic N) is 4. The van der Waals surface area contributed by atoms with Gasteiger partial charge in [0, 0.05) is 57.1 Å². The van der Waals surface area contributed by atoms with Gasteiger partial charge in [-0.3, -0.25) is 19.8 Å².